The summed E-state index contributed by atoms with van der Waals surface area (Å²) in [6.07, 6.45) is 11.0. The number of aromatic amines is 1. The van der Waals surface area contributed by atoms with E-state index < -0.39 is 0 Å². The van der Waals surface area contributed by atoms with E-state index in [0.717, 1.165) is 24.1 Å². The van der Waals surface area contributed by atoms with Crippen LogP contribution < -0.4 is 15.8 Å². The molecule has 0 aliphatic heterocycles. The summed E-state index contributed by atoms with van der Waals surface area (Å²) in [4.78, 5) is 15.0. The van der Waals surface area contributed by atoms with Crippen LogP contribution in [-0.4, -0.2) is 59.1 Å². The van der Waals surface area contributed by atoms with E-state index in [1.807, 2.05) is 29.3 Å². The average molecular weight is 430 g/mol. The van der Waals surface area contributed by atoms with Crippen molar-refractivity contribution in [3.05, 3.63) is 30.6 Å². The molecular formula is C23H35N5O3. The summed E-state index contributed by atoms with van der Waals surface area (Å²) in [6.45, 7) is 2.39. The second kappa shape index (κ2) is 12.3. The molecule has 1 fully saturated rings. The Hall–Kier alpha value is -2.58. The molecule has 1 aliphatic carbocycles. The Morgan fingerprint density at radius 1 is 1.26 bits per heavy atom. The van der Waals surface area contributed by atoms with Crippen molar-refractivity contribution in [2.75, 3.05) is 38.2 Å². The van der Waals surface area contributed by atoms with Crippen molar-refractivity contribution >= 4 is 11.7 Å². The van der Waals surface area contributed by atoms with Crippen LogP contribution in [0.15, 0.2) is 30.6 Å². The van der Waals surface area contributed by atoms with Crippen molar-refractivity contribution in [2.24, 2.45) is 11.7 Å². The molecule has 0 radical (unpaired) electrons. The number of nitrogens with zero attached hydrogens (tertiary/aromatic N) is 2. The number of anilines is 1. The molecule has 1 aromatic heterocycles. The molecule has 170 valence electrons. The number of amides is 2. The summed E-state index contributed by atoms with van der Waals surface area (Å²) in [5, 5.41) is 18.9. The van der Waals surface area contributed by atoms with Crippen LogP contribution in [0.4, 0.5) is 10.5 Å². The maximum absolute atomic E-state index is 13.2. The summed E-state index contributed by atoms with van der Waals surface area (Å²) in [5.41, 5.74) is 8.21. The second-order valence-corrected chi connectivity index (χ2v) is 8.15. The van der Waals surface area contributed by atoms with Gasteiger partial charge >= 0.3 is 6.03 Å². The first-order valence-electron chi connectivity index (χ1n) is 11.3. The van der Waals surface area contributed by atoms with Gasteiger partial charge in [0.15, 0.2) is 0 Å². The fraction of sp³-hybridized carbons (Fsp3) is 0.565. The lowest BCUT2D eigenvalue weighted by Gasteiger charge is -2.30. The summed E-state index contributed by atoms with van der Waals surface area (Å²) in [5.74, 6) is 1.14. The Morgan fingerprint density at radius 2 is 2.10 bits per heavy atom. The predicted molar refractivity (Wildman–Crippen MR) is 122 cm³/mol. The molecule has 2 aromatic rings. The summed E-state index contributed by atoms with van der Waals surface area (Å²) in [6, 6.07) is 5.56. The first kappa shape index (κ1) is 23.1. The normalized spacial score (nSPS) is 14.4. The number of nitrogens with one attached hydrogen (secondary N) is 2. The van der Waals surface area contributed by atoms with Crippen LogP contribution in [0.1, 0.15) is 44.9 Å². The summed E-state index contributed by atoms with van der Waals surface area (Å²) < 4.78 is 5.88. The third kappa shape index (κ3) is 6.97. The van der Waals surface area contributed by atoms with Crippen LogP contribution >= 0.6 is 0 Å². The third-order valence-electron chi connectivity index (χ3n) is 5.74. The molecule has 3 rings (SSSR count). The molecule has 1 heterocycles. The van der Waals surface area contributed by atoms with Crippen molar-refractivity contribution in [1.82, 2.24) is 15.1 Å². The maximum Gasteiger partial charge on any atom is 0.321 e. The highest BCUT2D eigenvalue weighted by molar-refractivity contribution is 5.91. The van der Waals surface area contributed by atoms with Gasteiger partial charge in [-0.3, -0.25) is 5.10 Å². The zero-order valence-electron chi connectivity index (χ0n) is 18.2. The van der Waals surface area contributed by atoms with Crippen LogP contribution in [0.5, 0.6) is 5.75 Å². The molecular weight excluding hydrogens is 394 g/mol. The number of nitrogens with two attached hydrogens (primary N) is 1. The molecule has 0 saturated heterocycles. The summed E-state index contributed by atoms with van der Waals surface area (Å²) >= 11 is 0. The Labute approximate surface area is 184 Å². The van der Waals surface area contributed by atoms with Crippen molar-refractivity contribution in [1.29, 1.82) is 0 Å². The number of ether oxygens (including phenoxy) is 1. The minimum absolute atomic E-state index is 0.0529. The molecule has 5 N–H and O–H groups in total. The Bertz CT molecular complexity index is 791. The van der Waals surface area contributed by atoms with Gasteiger partial charge in [-0.05, 0) is 49.4 Å². The van der Waals surface area contributed by atoms with Crippen molar-refractivity contribution in [3.8, 4) is 16.9 Å². The van der Waals surface area contributed by atoms with E-state index in [1.165, 1.54) is 32.1 Å². The van der Waals surface area contributed by atoms with Gasteiger partial charge in [0.05, 0.1) is 18.5 Å². The number of urea groups is 1. The number of aromatic nitrogens is 2. The van der Waals surface area contributed by atoms with E-state index in [-0.39, 0.29) is 12.6 Å². The number of carbonyl (C=O) groups is 1. The van der Waals surface area contributed by atoms with Gasteiger partial charge in [0.25, 0.3) is 0 Å². The van der Waals surface area contributed by atoms with E-state index in [2.05, 4.69) is 15.5 Å². The second-order valence-electron chi connectivity index (χ2n) is 8.15. The number of rotatable bonds is 11. The molecule has 31 heavy (non-hydrogen) atoms. The molecule has 1 aromatic carbocycles. The number of aliphatic hydroxyl groups is 1. The van der Waals surface area contributed by atoms with Gasteiger partial charge in [0.1, 0.15) is 5.75 Å². The number of hydrogen-bond acceptors (Lipinski definition) is 5. The molecule has 0 unspecified atom stereocenters. The number of H-pyrrole nitrogens is 1. The molecule has 8 nitrogen and oxygen atoms in total. The first-order valence-corrected chi connectivity index (χ1v) is 11.3. The van der Waals surface area contributed by atoms with E-state index in [9.17, 15) is 4.79 Å². The van der Waals surface area contributed by atoms with E-state index in [0.29, 0.717) is 43.5 Å². The zero-order valence-corrected chi connectivity index (χ0v) is 18.2. The number of hydrogen-bond donors (Lipinski definition) is 4. The molecule has 0 spiro atoms. The lowest BCUT2D eigenvalue weighted by molar-refractivity contribution is 0.189. The minimum atomic E-state index is -0.123. The first-order chi connectivity index (χ1) is 15.2. The van der Waals surface area contributed by atoms with Gasteiger partial charge in [-0.25, -0.2) is 4.79 Å². The maximum atomic E-state index is 13.2. The van der Waals surface area contributed by atoms with Crippen molar-refractivity contribution in [2.45, 2.75) is 44.9 Å². The van der Waals surface area contributed by atoms with Gasteiger partial charge in [-0.1, -0.05) is 25.3 Å². The standard InChI is InChI=1S/C23H35N5O3/c24-10-4-11-28(17-18-6-2-1-3-7-18)23(30)27-21-9-8-19(20-15-25-26-16-20)14-22(21)31-13-5-12-29/h8-9,14-16,18,29H,1-7,10-13,17,24H2,(H,25,26)(H,27,30). The SMILES string of the molecule is NCCCN(CC1CCCCC1)C(=O)Nc1ccc(-c2cn[nH]c2)cc1OCCCO. The van der Waals surface area contributed by atoms with Crippen LogP contribution in [0.2, 0.25) is 0 Å². The van der Waals surface area contributed by atoms with Gasteiger partial charge in [-0.2, -0.15) is 5.10 Å². The highest BCUT2D eigenvalue weighted by atomic mass is 16.5. The minimum Gasteiger partial charge on any atom is -0.491 e. The zero-order chi connectivity index (χ0) is 21.9. The van der Waals surface area contributed by atoms with Gasteiger partial charge in [0.2, 0.25) is 0 Å². The van der Waals surface area contributed by atoms with Crippen LogP contribution in [0.25, 0.3) is 11.1 Å². The van der Waals surface area contributed by atoms with Crippen LogP contribution in [0, 0.1) is 5.92 Å². The fourth-order valence-electron chi connectivity index (χ4n) is 4.01. The molecule has 0 atom stereocenters. The number of benzene rings is 1. The Kier molecular flexibility index (Phi) is 9.17. The molecule has 1 saturated carbocycles. The topological polar surface area (TPSA) is 116 Å². The fourth-order valence-corrected chi connectivity index (χ4v) is 4.01. The van der Waals surface area contributed by atoms with E-state index >= 15 is 0 Å². The van der Waals surface area contributed by atoms with Crippen LogP contribution in [0.3, 0.4) is 0 Å². The largest absolute Gasteiger partial charge is 0.491 e. The lowest BCUT2D eigenvalue weighted by Crippen LogP contribution is -2.40. The predicted octanol–water partition coefficient (Wildman–Crippen LogP) is 3.60. The molecule has 1 aliphatic rings. The van der Waals surface area contributed by atoms with Crippen LogP contribution in [-0.2, 0) is 0 Å². The smallest absolute Gasteiger partial charge is 0.321 e. The molecule has 8 heteroatoms. The van der Waals surface area contributed by atoms with E-state index in [4.69, 9.17) is 15.6 Å². The van der Waals surface area contributed by atoms with Crippen molar-refractivity contribution < 1.29 is 14.6 Å². The average Bonchev–Trinajstić information content (AvgIpc) is 3.33. The number of aliphatic hydroxyl groups excluding tert-OH is 1. The highest BCUT2D eigenvalue weighted by Gasteiger charge is 2.22. The van der Waals surface area contributed by atoms with E-state index in [1.54, 1.807) is 6.20 Å². The molecule has 2 amide bonds. The Morgan fingerprint density at radius 3 is 2.81 bits per heavy atom. The van der Waals surface area contributed by atoms with Gasteiger partial charge in [-0.15, -0.1) is 0 Å². The third-order valence-corrected chi connectivity index (χ3v) is 5.74. The molecule has 0 bridgehead atoms. The monoisotopic (exact) mass is 429 g/mol. The highest BCUT2D eigenvalue weighted by Crippen LogP contribution is 2.31. The summed E-state index contributed by atoms with van der Waals surface area (Å²) in [7, 11) is 0. The van der Waals surface area contributed by atoms with Gasteiger partial charge < -0.3 is 25.8 Å². The van der Waals surface area contributed by atoms with Crippen molar-refractivity contribution in [3.63, 3.8) is 0 Å². The Balaban J connectivity index is 1.74. The van der Waals surface area contributed by atoms with Gasteiger partial charge in [0, 0.05) is 37.9 Å². The lowest BCUT2D eigenvalue weighted by atomic mass is 9.89. The quantitative estimate of drug-likeness (QED) is 0.407. The number of carbonyl (C=O) groups excluding carboxylic acids is 1.